The van der Waals surface area contributed by atoms with Gasteiger partial charge in [-0.15, -0.1) is 0 Å². The third kappa shape index (κ3) is 0.780. The van der Waals surface area contributed by atoms with Crippen LogP contribution in [0.3, 0.4) is 0 Å². The molecule has 3 rings (SSSR count). The van der Waals surface area contributed by atoms with Gasteiger partial charge in [-0.05, 0) is 31.1 Å². The zero-order valence-corrected chi connectivity index (χ0v) is 6.99. The second-order valence-corrected chi connectivity index (χ2v) is 4.23. The monoisotopic (exact) mass is 163 g/mol. The lowest BCUT2D eigenvalue weighted by atomic mass is 9.84. The van der Waals surface area contributed by atoms with Crippen LogP contribution >= 0.6 is 0 Å². The molecule has 3 aliphatic rings. The normalized spacial score (nSPS) is 49.2. The Kier molecular flexibility index (Phi) is 1.18. The van der Waals surface area contributed by atoms with Gasteiger partial charge in [0.2, 0.25) is 5.91 Å². The Morgan fingerprint density at radius 2 is 2.42 bits per heavy atom. The molecule has 1 aliphatic heterocycles. The van der Waals surface area contributed by atoms with Crippen molar-refractivity contribution in [3.63, 3.8) is 0 Å². The Hall–Kier alpha value is -0.790. The van der Waals surface area contributed by atoms with Gasteiger partial charge >= 0.3 is 0 Å². The summed E-state index contributed by atoms with van der Waals surface area (Å²) in [5.41, 5.74) is 0. The fourth-order valence-electron chi connectivity index (χ4n) is 2.59. The van der Waals surface area contributed by atoms with E-state index in [1.165, 1.54) is 19.3 Å². The van der Waals surface area contributed by atoms with E-state index in [2.05, 4.69) is 17.5 Å². The molecule has 2 heteroatoms. The molecule has 2 nitrogen and oxygen atoms in total. The van der Waals surface area contributed by atoms with Crippen molar-refractivity contribution in [2.45, 2.75) is 25.3 Å². The molecule has 0 unspecified atom stereocenters. The molecule has 0 bridgehead atoms. The van der Waals surface area contributed by atoms with Gasteiger partial charge in [-0.1, -0.05) is 12.2 Å². The quantitative estimate of drug-likeness (QED) is 0.420. The molecule has 0 aromatic heterocycles. The maximum absolute atomic E-state index is 11.1. The average molecular weight is 163 g/mol. The number of allylic oxidation sites excluding steroid dienone is 1. The van der Waals surface area contributed by atoms with E-state index >= 15 is 0 Å². The Morgan fingerprint density at radius 1 is 1.50 bits per heavy atom. The number of carbonyl (C=O) groups excluding carboxylic acids is 1. The molecule has 0 radical (unpaired) electrons. The van der Waals surface area contributed by atoms with Crippen molar-refractivity contribution in [3.05, 3.63) is 12.2 Å². The predicted molar refractivity (Wildman–Crippen MR) is 45.4 cm³/mol. The summed E-state index contributed by atoms with van der Waals surface area (Å²) in [7, 11) is 0. The highest BCUT2D eigenvalue weighted by molar-refractivity contribution is 5.87. The highest BCUT2D eigenvalue weighted by Gasteiger charge is 2.52. The van der Waals surface area contributed by atoms with E-state index in [1.807, 2.05) is 0 Å². The van der Waals surface area contributed by atoms with Crippen LogP contribution in [0.2, 0.25) is 0 Å². The van der Waals surface area contributed by atoms with Crippen LogP contribution in [0.15, 0.2) is 12.2 Å². The van der Waals surface area contributed by atoms with Crippen molar-refractivity contribution in [3.8, 4) is 0 Å². The van der Waals surface area contributed by atoms with Crippen LogP contribution < -0.4 is 5.32 Å². The first-order valence-electron chi connectivity index (χ1n) is 4.83. The lowest BCUT2D eigenvalue weighted by Crippen LogP contribution is -2.58. The lowest BCUT2D eigenvalue weighted by Gasteiger charge is -2.36. The minimum atomic E-state index is 0.222. The first-order valence-corrected chi connectivity index (χ1v) is 4.83. The molecule has 0 aromatic carbocycles. The molecule has 1 heterocycles. The summed E-state index contributed by atoms with van der Waals surface area (Å²) >= 11 is 0. The Morgan fingerprint density at radius 3 is 3.25 bits per heavy atom. The van der Waals surface area contributed by atoms with Crippen LogP contribution in [0.25, 0.3) is 0 Å². The van der Waals surface area contributed by atoms with E-state index in [0.29, 0.717) is 6.04 Å². The molecule has 12 heavy (non-hydrogen) atoms. The second kappa shape index (κ2) is 2.12. The largest absolute Gasteiger partial charge is 0.351 e. The second-order valence-electron chi connectivity index (χ2n) is 4.23. The summed E-state index contributed by atoms with van der Waals surface area (Å²) in [4.78, 5) is 11.1. The number of carbonyl (C=O) groups is 1. The van der Waals surface area contributed by atoms with Crippen molar-refractivity contribution < 1.29 is 4.79 Å². The van der Waals surface area contributed by atoms with Gasteiger partial charge in [0.1, 0.15) is 0 Å². The average Bonchev–Trinajstić information content (AvgIpc) is 2.75. The summed E-state index contributed by atoms with van der Waals surface area (Å²) in [6.45, 7) is 0. The van der Waals surface area contributed by atoms with Gasteiger partial charge in [-0.25, -0.2) is 0 Å². The van der Waals surface area contributed by atoms with Gasteiger partial charge in [-0.2, -0.15) is 0 Å². The summed E-state index contributed by atoms with van der Waals surface area (Å²) < 4.78 is 0. The number of β-lactam (4-membered cyclic amide) rings is 1. The molecule has 1 amide bonds. The number of hydrogen-bond donors (Lipinski definition) is 1. The number of nitrogens with one attached hydrogen (secondary N) is 1. The molecule has 0 aromatic rings. The Labute approximate surface area is 72.0 Å². The van der Waals surface area contributed by atoms with E-state index in [4.69, 9.17) is 0 Å². The molecule has 0 spiro atoms. The maximum atomic E-state index is 11.1. The van der Waals surface area contributed by atoms with Crippen LogP contribution in [-0.2, 0) is 4.79 Å². The fourth-order valence-corrected chi connectivity index (χ4v) is 2.59. The van der Waals surface area contributed by atoms with E-state index in [1.54, 1.807) is 0 Å². The van der Waals surface area contributed by atoms with Gasteiger partial charge in [0.05, 0.1) is 5.92 Å². The molecule has 2 aliphatic carbocycles. The third-order valence-corrected chi connectivity index (χ3v) is 3.48. The molecule has 64 valence electrons. The predicted octanol–water partition coefficient (Wildman–Crippen LogP) is 1.09. The van der Waals surface area contributed by atoms with Gasteiger partial charge in [0, 0.05) is 6.04 Å². The molecule has 1 saturated heterocycles. The van der Waals surface area contributed by atoms with Crippen molar-refractivity contribution in [2.75, 3.05) is 0 Å². The Bertz CT molecular complexity index is 259. The number of amides is 1. The van der Waals surface area contributed by atoms with Gasteiger partial charge in [-0.3, -0.25) is 4.79 Å². The zero-order valence-electron chi connectivity index (χ0n) is 6.99. The fraction of sp³-hybridized carbons (Fsp3) is 0.700. The number of hydrogen-bond acceptors (Lipinski definition) is 1. The molecule has 4 atom stereocenters. The Balaban J connectivity index is 1.84. The molecule has 1 N–H and O–H groups in total. The smallest absolute Gasteiger partial charge is 0.229 e. The first-order chi connectivity index (χ1) is 5.86. The third-order valence-electron chi connectivity index (χ3n) is 3.48. The van der Waals surface area contributed by atoms with Gasteiger partial charge in [0.25, 0.3) is 0 Å². The molecular formula is C10H13NO. The summed E-state index contributed by atoms with van der Waals surface area (Å²) in [5.74, 6) is 2.20. The first kappa shape index (κ1) is 6.70. The van der Waals surface area contributed by atoms with Crippen LogP contribution in [0, 0.1) is 17.8 Å². The highest BCUT2D eigenvalue weighted by Crippen LogP contribution is 2.49. The topological polar surface area (TPSA) is 29.1 Å². The van der Waals surface area contributed by atoms with Crippen molar-refractivity contribution in [2.24, 2.45) is 17.8 Å². The van der Waals surface area contributed by atoms with Gasteiger partial charge < -0.3 is 5.32 Å². The van der Waals surface area contributed by atoms with Crippen molar-refractivity contribution in [1.82, 2.24) is 5.32 Å². The number of fused-ring (bicyclic) bond motifs is 3. The summed E-state index contributed by atoms with van der Waals surface area (Å²) in [6.07, 6.45) is 8.16. The standard InChI is InChI=1S/C10H13NO/c12-10-7-4-2-1-3-6-5-8(6)9(7)11-10/h2,4,6-9H,1,3,5H2,(H,11,12)/t6-,7-,8-,9-/m1/s1. The zero-order chi connectivity index (χ0) is 8.13. The van der Waals surface area contributed by atoms with Crippen LogP contribution in [-0.4, -0.2) is 11.9 Å². The SMILES string of the molecule is O=C1N[C@H]2[C@@H]3C[C@H]3CCC=C[C@@H]12. The minimum absolute atomic E-state index is 0.222. The van der Waals surface area contributed by atoms with Crippen molar-refractivity contribution in [1.29, 1.82) is 0 Å². The van der Waals surface area contributed by atoms with Crippen LogP contribution in [0.1, 0.15) is 19.3 Å². The molecular weight excluding hydrogens is 150 g/mol. The van der Waals surface area contributed by atoms with E-state index in [0.717, 1.165) is 11.8 Å². The minimum Gasteiger partial charge on any atom is -0.351 e. The summed E-state index contributed by atoms with van der Waals surface area (Å²) in [5, 5.41) is 3.01. The molecule has 1 saturated carbocycles. The van der Waals surface area contributed by atoms with Gasteiger partial charge in [0.15, 0.2) is 0 Å². The van der Waals surface area contributed by atoms with E-state index in [9.17, 15) is 4.79 Å². The lowest BCUT2D eigenvalue weighted by molar-refractivity contribution is -0.133. The molecule has 2 fully saturated rings. The van der Waals surface area contributed by atoms with Crippen LogP contribution in [0.5, 0.6) is 0 Å². The van der Waals surface area contributed by atoms with E-state index < -0.39 is 0 Å². The highest BCUT2D eigenvalue weighted by atomic mass is 16.2. The summed E-state index contributed by atoms with van der Waals surface area (Å²) in [6, 6.07) is 0.499. The van der Waals surface area contributed by atoms with Crippen molar-refractivity contribution >= 4 is 5.91 Å². The maximum Gasteiger partial charge on any atom is 0.229 e. The van der Waals surface area contributed by atoms with E-state index in [-0.39, 0.29) is 11.8 Å². The number of rotatable bonds is 0. The van der Waals surface area contributed by atoms with Crippen LogP contribution in [0.4, 0.5) is 0 Å².